The zero-order valence-electron chi connectivity index (χ0n) is 8.99. The molecule has 0 aromatic carbocycles. The molecule has 0 atom stereocenters. The molecule has 0 amide bonds. The van der Waals surface area contributed by atoms with Crippen molar-refractivity contribution in [2.24, 2.45) is 4.99 Å². The lowest BCUT2D eigenvalue weighted by Gasteiger charge is -2.09. The zero-order valence-corrected chi connectivity index (χ0v) is 12.1. The fourth-order valence-corrected chi connectivity index (χ4v) is 1.44. The summed E-state index contributed by atoms with van der Waals surface area (Å²) in [5.74, 6) is 0.828. The van der Waals surface area contributed by atoms with Crippen molar-refractivity contribution >= 4 is 39.8 Å². The van der Waals surface area contributed by atoms with Crippen LogP contribution >= 0.6 is 24.0 Å². The molecule has 1 saturated carbocycles. The summed E-state index contributed by atoms with van der Waals surface area (Å²) in [6.07, 6.45) is 3.57. The van der Waals surface area contributed by atoms with Crippen LogP contribution in [0.25, 0.3) is 0 Å². The van der Waals surface area contributed by atoms with E-state index in [1.54, 1.807) is 7.05 Å². The van der Waals surface area contributed by atoms with Crippen molar-refractivity contribution < 1.29 is 8.42 Å². The molecule has 1 fully saturated rings. The largest absolute Gasteiger partial charge is 0.355 e. The topological polar surface area (TPSA) is 70.6 Å². The van der Waals surface area contributed by atoms with E-state index in [0.717, 1.165) is 0 Å². The normalized spacial score (nSPS) is 16.8. The van der Waals surface area contributed by atoms with Gasteiger partial charge in [0.2, 0.25) is 0 Å². The summed E-state index contributed by atoms with van der Waals surface area (Å²) in [6.45, 7) is 0.408. The van der Waals surface area contributed by atoms with Gasteiger partial charge >= 0.3 is 0 Å². The third-order valence-electron chi connectivity index (χ3n) is 1.91. The Morgan fingerprint density at radius 3 is 2.47 bits per heavy atom. The highest BCUT2D eigenvalue weighted by atomic mass is 127. The maximum Gasteiger partial charge on any atom is 0.191 e. The average molecular weight is 347 g/mol. The molecule has 90 valence electrons. The molecule has 2 N–H and O–H groups in total. The number of rotatable bonds is 4. The Labute approximate surface area is 108 Å². The van der Waals surface area contributed by atoms with Crippen molar-refractivity contribution in [2.45, 2.75) is 18.9 Å². The summed E-state index contributed by atoms with van der Waals surface area (Å²) in [5.41, 5.74) is 0. The minimum atomic E-state index is -2.89. The number of nitrogens with one attached hydrogen (secondary N) is 2. The van der Waals surface area contributed by atoms with Crippen LogP contribution in [0.4, 0.5) is 0 Å². The number of nitrogens with zero attached hydrogens (tertiary/aromatic N) is 1. The lowest BCUT2D eigenvalue weighted by molar-refractivity contribution is 0.600. The first kappa shape index (κ1) is 14.9. The Morgan fingerprint density at radius 2 is 2.07 bits per heavy atom. The molecule has 0 saturated heterocycles. The number of halogens is 1. The lowest BCUT2D eigenvalue weighted by atomic mass is 10.6. The van der Waals surface area contributed by atoms with Crippen molar-refractivity contribution in [3.63, 3.8) is 0 Å². The van der Waals surface area contributed by atoms with E-state index in [2.05, 4.69) is 15.6 Å². The van der Waals surface area contributed by atoms with Crippen LogP contribution in [0.15, 0.2) is 4.99 Å². The minimum Gasteiger partial charge on any atom is -0.355 e. The fourth-order valence-electron chi connectivity index (χ4n) is 0.970. The van der Waals surface area contributed by atoms with E-state index in [1.807, 2.05) is 0 Å². The van der Waals surface area contributed by atoms with Crippen molar-refractivity contribution in [3.8, 4) is 0 Å². The van der Waals surface area contributed by atoms with Gasteiger partial charge in [0.05, 0.1) is 5.75 Å². The molecule has 1 aliphatic rings. The second-order valence-corrected chi connectivity index (χ2v) is 5.81. The molecule has 0 bridgehead atoms. The first-order chi connectivity index (χ1) is 6.51. The third-order valence-corrected chi connectivity index (χ3v) is 2.85. The van der Waals surface area contributed by atoms with Crippen LogP contribution in [0.3, 0.4) is 0 Å². The number of sulfone groups is 1. The van der Waals surface area contributed by atoms with Gasteiger partial charge in [-0.1, -0.05) is 0 Å². The van der Waals surface area contributed by atoms with Crippen LogP contribution in [-0.4, -0.2) is 46.0 Å². The first-order valence-electron chi connectivity index (χ1n) is 4.66. The molecule has 1 rings (SSSR count). The summed E-state index contributed by atoms with van der Waals surface area (Å²) >= 11 is 0. The molecule has 0 unspecified atom stereocenters. The minimum absolute atomic E-state index is 0. The van der Waals surface area contributed by atoms with Crippen LogP contribution in [0.5, 0.6) is 0 Å². The molecule has 0 aromatic rings. The van der Waals surface area contributed by atoms with Gasteiger partial charge < -0.3 is 10.6 Å². The number of hydrogen-bond acceptors (Lipinski definition) is 3. The highest BCUT2D eigenvalue weighted by Gasteiger charge is 2.21. The molecule has 0 radical (unpaired) electrons. The van der Waals surface area contributed by atoms with E-state index < -0.39 is 9.84 Å². The molecule has 1 aliphatic carbocycles. The van der Waals surface area contributed by atoms with Gasteiger partial charge in [-0.05, 0) is 12.8 Å². The monoisotopic (exact) mass is 347 g/mol. The number of guanidine groups is 1. The second-order valence-electron chi connectivity index (χ2n) is 3.55. The quantitative estimate of drug-likeness (QED) is 0.426. The average Bonchev–Trinajstić information content (AvgIpc) is 2.84. The summed E-state index contributed by atoms with van der Waals surface area (Å²) in [6, 6.07) is 0.527. The van der Waals surface area contributed by atoms with Gasteiger partial charge in [-0.15, -0.1) is 24.0 Å². The van der Waals surface area contributed by atoms with Gasteiger partial charge in [-0.2, -0.15) is 0 Å². The summed E-state index contributed by atoms with van der Waals surface area (Å²) < 4.78 is 21.7. The fraction of sp³-hybridized carbons (Fsp3) is 0.875. The summed E-state index contributed by atoms with van der Waals surface area (Å²) in [4.78, 5) is 3.99. The van der Waals surface area contributed by atoms with Gasteiger partial charge in [0.1, 0.15) is 9.84 Å². The number of aliphatic imine (C=N–C) groups is 1. The highest BCUT2D eigenvalue weighted by molar-refractivity contribution is 14.0. The molecule has 0 heterocycles. The Bertz CT molecular complexity index is 312. The molecule has 0 aromatic heterocycles. The molecule has 0 spiro atoms. The molecular weight excluding hydrogens is 329 g/mol. The van der Waals surface area contributed by atoms with Crippen LogP contribution in [0, 0.1) is 0 Å². The van der Waals surface area contributed by atoms with Crippen LogP contribution in [0.1, 0.15) is 12.8 Å². The molecule has 15 heavy (non-hydrogen) atoms. The maximum atomic E-state index is 10.8. The Morgan fingerprint density at radius 1 is 1.47 bits per heavy atom. The van der Waals surface area contributed by atoms with Crippen LogP contribution in [0.2, 0.25) is 0 Å². The van der Waals surface area contributed by atoms with Gasteiger partial charge in [-0.25, -0.2) is 8.42 Å². The molecular formula is C8H18IN3O2S. The van der Waals surface area contributed by atoms with Crippen molar-refractivity contribution in [1.29, 1.82) is 0 Å². The van der Waals surface area contributed by atoms with E-state index in [9.17, 15) is 8.42 Å². The molecule has 5 nitrogen and oxygen atoms in total. The SMILES string of the molecule is CN=C(NCCS(C)(=O)=O)NC1CC1.I. The Hall–Kier alpha value is -0.0500. The summed E-state index contributed by atoms with van der Waals surface area (Å²) in [5, 5.41) is 6.13. The lowest BCUT2D eigenvalue weighted by Crippen LogP contribution is -2.40. The Kier molecular flexibility index (Phi) is 6.49. The zero-order chi connectivity index (χ0) is 10.6. The molecule has 0 aliphatic heterocycles. The predicted octanol–water partition coefficient (Wildman–Crippen LogP) is -0.0236. The summed E-state index contributed by atoms with van der Waals surface area (Å²) in [7, 11) is -1.21. The standard InChI is InChI=1S/C8H17N3O2S.HI/c1-9-8(11-7-3-4-7)10-5-6-14(2,12)13;/h7H,3-6H2,1-2H3,(H2,9,10,11);1H. The van der Waals surface area contributed by atoms with Crippen LogP contribution in [-0.2, 0) is 9.84 Å². The van der Waals surface area contributed by atoms with E-state index in [-0.39, 0.29) is 29.7 Å². The highest BCUT2D eigenvalue weighted by Crippen LogP contribution is 2.18. The smallest absolute Gasteiger partial charge is 0.191 e. The third kappa shape index (κ3) is 7.83. The van der Waals surface area contributed by atoms with Crippen molar-refractivity contribution in [2.75, 3.05) is 25.6 Å². The first-order valence-corrected chi connectivity index (χ1v) is 6.72. The Balaban J connectivity index is 0.00000196. The van der Waals surface area contributed by atoms with E-state index in [4.69, 9.17) is 0 Å². The van der Waals surface area contributed by atoms with Crippen molar-refractivity contribution in [1.82, 2.24) is 10.6 Å². The second kappa shape index (κ2) is 6.51. The van der Waals surface area contributed by atoms with Gasteiger partial charge in [0, 0.05) is 25.9 Å². The van der Waals surface area contributed by atoms with E-state index in [1.165, 1.54) is 19.1 Å². The molecule has 7 heteroatoms. The number of hydrogen-bond donors (Lipinski definition) is 2. The van der Waals surface area contributed by atoms with E-state index >= 15 is 0 Å². The van der Waals surface area contributed by atoms with E-state index in [0.29, 0.717) is 18.5 Å². The predicted molar refractivity (Wildman–Crippen MR) is 72.6 cm³/mol. The van der Waals surface area contributed by atoms with Gasteiger partial charge in [0.15, 0.2) is 5.96 Å². The van der Waals surface area contributed by atoms with Gasteiger partial charge in [0.25, 0.3) is 0 Å². The van der Waals surface area contributed by atoms with Gasteiger partial charge in [-0.3, -0.25) is 4.99 Å². The maximum absolute atomic E-state index is 10.8. The van der Waals surface area contributed by atoms with Crippen LogP contribution < -0.4 is 10.6 Å². The van der Waals surface area contributed by atoms with Crippen molar-refractivity contribution in [3.05, 3.63) is 0 Å².